The molecule has 0 aliphatic carbocycles. The third kappa shape index (κ3) is 2.40. The summed E-state index contributed by atoms with van der Waals surface area (Å²) in [7, 11) is 0. The van der Waals surface area contributed by atoms with E-state index in [4.69, 9.17) is 16.7 Å². The van der Waals surface area contributed by atoms with Gasteiger partial charge >= 0.3 is 5.82 Å². The van der Waals surface area contributed by atoms with Crippen molar-refractivity contribution in [3.63, 3.8) is 0 Å². The van der Waals surface area contributed by atoms with E-state index in [2.05, 4.69) is 5.10 Å². The Morgan fingerprint density at radius 2 is 2.54 bits per heavy atom. The highest BCUT2D eigenvalue weighted by Crippen LogP contribution is 2.21. The molecule has 0 fully saturated rings. The van der Waals surface area contributed by atoms with Gasteiger partial charge in [-0.25, -0.2) is 0 Å². The maximum absolute atomic E-state index is 10.3. The molecule has 1 N–H and O–H groups in total. The molecular weight excluding hydrogens is 198 g/mol. The van der Waals surface area contributed by atoms with Crippen molar-refractivity contribution in [2.24, 2.45) is 0 Å². The zero-order valence-electron chi connectivity index (χ0n) is 6.85. The summed E-state index contributed by atoms with van der Waals surface area (Å²) in [4.78, 5) is 9.64. The van der Waals surface area contributed by atoms with Gasteiger partial charge in [0.05, 0.1) is 23.9 Å². The molecule has 0 saturated heterocycles. The Labute approximate surface area is 78.9 Å². The number of hydrogen-bond acceptors (Lipinski definition) is 4. The topological polar surface area (TPSA) is 81.2 Å². The fourth-order valence-corrected chi connectivity index (χ4v) is 1.09. The second-order valence-corrected chi connectivity index (χ2v) is 3.04. The molecule has 0 aliphatic heterocycles. The maximum atomic E-state index is 10.3. The highest BCUT2D eigenvalue weighted by Gasteiger charge is 2.19. The molecule has 13 heavy (non-hydrogen) atoms. The van der Waals surface area contributed by atoms with E-state index in [0.29, 0.717) is 0 Å². The summed E-state index contributed by atoms with van der Waals surface area (Å²) in [6.07, 6.45) is 0.697. The Kier molecular flexibility index (Phi) is 2.84. The third-order valence-electron chi connectivity index (χ3n) is 1.32. The van der Waals surface area contributed by atoms with Crippen molar-refractivity contribution >= 4 is 17.4 Å². The van der Waals surface area contributed by atoms with E-state index in [1.54, 1.807) is 6.92 Å². The fraction of sp³-hybridized carbons (Fsp3) is 0.500. The summed E-state index contributed by atoms with van der Waals surface area (Å²) >= 11 is 5.52. The van der Waals surface area contributed by atoms with E-state index in [0.717, 1.165) is 0 Å². The minimum Gasteiger partial charge on any atom is -0.391 e. The molecule has 1 atom stereocenters. The molecule has 0 aliphatic rings. The molecule has 1 heterocycles. The van der Waals surface area contributed by atoms with Gasteiger partial charge in [0.2, 0.25) is 0 Å². The number of nitrogens with zero attached hydrogens (tertiary/aromatic N) is 3. The molecule has 1 rings (SSSR count). The number of aliphatic hydroxyl groups excluding tert-OH is 1. The molecule has 1 aromatic rings. The largest absolute Gasteiger partial charge is 0.408 e. The van der Waals surface area contributed by atoms with Gasteiger partial charge in [0.1, 0.15) is 0 Å². The smallest absolute Gasteiger partial charge is 0.391 e. The van der Waals surface area contributed by atoms with Gasteiger partial charge in [0.15, 0.2) is 5.02 Å². The predicted molar refractivity (Wildman–Crippen MR) is 45.6 cm³/mol. The summed E-state index contributed by atoms with van der Waals surface area (Å²) < 4.78 is 1.24. The highest BCUT2D eigenvalue weighted by molar-refractivity contribution is 6.32. The Bertz CT molecular complexity index is 323. The van der Waals surface area contributed by atoms with E-state index in [1.165, 1.54) is 10.9 Å². The Balaban J connectivity index is 2.89. The summed E-state index contributed by atoms with van der Waals surface area (Å²) in [6, 6.07) is 0. The molecular formula is C6H8ClN3O3. The molecule has 0 spiro atoms. The summed E-state index contributed by atoms with van der Waals surface area (Å²) in [5.41, 5.74) is 0. The van der Waals surface area contributed by atoms with Crippen molar-refractivity contribution in [1.82, 2.24) is 9.78 Å². The molecule has 0 aromatic carbocycles. The van der Waals surface area contributed by atoms with Crippen LogP contribution in [-0.4, -0.2) is 25.9 Å². The number of hydrogen-bond donors (Lipinski definition) is 1. The Morgan fingerprint density at radius 3 is 2.92 bits per heavy atom. The van der Waals surface area contributed by atoms with Crippen LogP contribution in [0.25, 0.3) is 0 Å². The van der Waals surface area contributed by atoms with Crippen LogP contribution in [0.15, 0.2) is 6.20 Å². The lowest BCUT2D eigenvalue weighted by Crippen LogP contribution is -2.12. The first kappa shape index (κ1) is 9.94. The molecule has 72 valence electrons. The minimum atomic E-state index is -0.666. The number of halogens is 1. The van der Waals surface area contributed by atoms with E-state index in [-0.39, 0.29) is 17.4 Å². The van der Waals surface area contributed by atoms with Crippen LogP contribution in [0, 0.1) is 10.1 Å². The summed E-state index contributed by atoms with van der Waals surface area (Å²) in [5.74, 6) is -0.387. The lowest BCUT2D eigenvalue weighted by molar-refractivity contribution is -0.389. The second-order valence-electron chi connectivity index (χ2n) is 2.63. The quantitative estimate of drug-likeness (QED) is 0.585. The van der Waals surface area contributed by atoms with Gasteiger partial charge in [-0.15, -0.1) is 0 Å². The van der Waals surface area contributed by atoms with Crippen LogP contribution in [0.2, 0.25) is 5.02 Å². The van der Waals surface area contributed by atoms with Crippen molar-refractivity contribution in [2.75, 3.05) is 0 Å². The van der Waals surface area contributed by atoms with Crippen molar-refractivity contribution in [3.8, 4) is 0 Å². The molecule has 0 amide bonds. The van der Waals surface area contributed by atoms with Crippen LogP contribution in [0.1, 0.15) is 6.92 Å². The van der Waals surface area contributed by atoms with Gasteiger partial charge in [-0.1, -0.05) is 11.6 Å². The van der Waals surface area contributed by atoms with Crippen LogP contribution in [0.5, 0.6) is 0 Å². The monoisotopic (exact) mass is 205 g/mol. The highest BCUT2D eigenvalue weighted by atomic mass is 35.5. The van der Waals surface area contributed by atoms with Crippen LogP contribution < -0.4 is 0 Å². The lowest BCUT2D eigenvalue weighted by atomic mass is 10.4. The Hall–Kier alpha value is -1.14. The molecule has 0 unspecified atom stereocenters. The first-order valence-electron chi connectivity index (χ1n) is 3.56. The van der Waals surface area contributed by atoms with E-state index in [1.807, 2.05) is 0 Å². The number of nitro groups is 1. The van der Waals surface area contributed by atoms with E-state index in [9.17, 15) is 10.1 Å². The fourth-order valence-electron chi connectivity index (χ4n) is 0.875. The molecule has 0 radical (unpaired) electrons. The van der Waals surface area contributed by atoms with Gasteiger partial charge in [0.25, 0.3) is 0 Å². The average molecular weight is 206 g/mol. The van der Waals surface area contributed by atoms with Crippen molar-refractivity contribution in [1.29, 1.82) is 0 Å². The molecule has 6 nitrogen and oxygen atoms in total. The van der Waals surface area contributed by atoms with Gasteiger partial charge in [0, 0.05) is 0 Å². The number of aromatic nitrogens is 2. The van der Waals surface area contributed by atoms with E-state index < -0.39 is 11.0 Å². The maximum Gasteiger partial charge on any atom is 0.408 e. The van der Waals surface area contributed by atoms with Crippen LogP contribution in [0.3, 0.4) is 0 Å². The van der Waals surface area contributed by atoms with Crippen molar-refractivity contribution < 1.29 is 10.0 Å². The van der Waals surface area contributed by atoms with Gasteiger partial charge in [-0.2, -0.15) is 4.68 Å². The van der Waals surface area contributed by atoms with Crippen LogP contribution in [-0.2, 0) is 6.54 Å². The number of rotatable bonds is 3. The standard InChI is InChI=1S/C6H8ClN3O3/c1-4(11)2-9-3-5(7)6(8-9)10(12)13/h3-4,11H,2H2,1H3/t4-/m1/s1. The third-order valence-corrected chi connectivity index (χ3v) is 1.59. The normalized spacial score (nSPS) is 12.8. The second kappa shape index (κ2) is 3.71. The molecule has 0 bridgehead atoms. The lowest BCUT2D eigenvalue weighted by Gasteiger charge is -1.98. The molecule has 1 aromatic heterocycles. The molecule has 0 saturated carbocycles. The summed E-state index contributed by atoms with van der Waals surface area (Å²) in [6.45, 7) is 1.75. The van der Waals surface area contributed by atoms with Crippen LogP contribution in [0.4, 0.5) is 5.82 Å². The van der Waals surface area contributed by atoms with Gasteiger partial charge in [-0.3, -0.25) is 0 Å². The van der Waals surface area contributed by atoms with Crippen LogP contribution >= 0.6 is 11.6 Å². The van der Waals surface area contributed by atoms with Gasteiger partial charge < -0.3 is 15.2 Å². The summed E-state index contributed by atoms with van der Waals surface area (Å²) in [5, 5.41) is 22.8. The van der Waals surface area contributed by atoms with Gasteiger partial charge in [-0.05, 0) is 11.8 Å². The number of aliphatic hydroxyl groups is 1. The van der Waals surface area contributed by atoms with Crippen molar-refractivity contribution in [2.45, 2.75) is 19.6 Å². The van der Waals surface area contributed by atoms with Crippen molar-refractivity contribution in [3.05, 3.63) is 21.3 Å². The predicted octanol–water partition coefficient (Wildman–Crippen LogP) is 0.825. The first-order valence-corrected chi connectivity index (χ1v) is 3.94. The zero-order valence-corrected chi connectivity index (χ0v) is 7.60. The Morgan fingerprint density at radius 1 is 1.92 bits per heavy atom. The SMILES string of the molecule is C[C@@H](O)Cn1cc(Cl)c([N+](=O)[O-])n1. The van der Waals surface area contributed by atoms with E-state index >= 15 is 0 Å². The molecule has 7 heteroatoms. The average Bonchev–Trinajstić information content (AvgIpc) is 2.29. The first-order chi connectivity index (χ1) is 6.00. The zero-order chi connectivity index (χ0) is 10.0. The minimum absolute atomic E-state index is 0.0225.